The second-order valence-electron chi connectivity index (χ2n) is 7.74. The third-order valence-corrected chi connectivity index (χ3v) is 5.98. The number of nitrogens with zero attached hydrogens (tertiary/aromatic N) is 1. The summed E-state index contributed by atoms with van der Waals surface area (Å²) in [7, 11) is 0. The first kappa shape index (κ1) is 17.5. The first-order valence-corrected chi connectivity index (χ1v) is 9.40. The van der Waals surface area contributed by atoms with Gasteiger partial charge in [0.05, 0.1) is 13.2 Å². The number of hydrogen-bond acceptors (Lipinski definition) is 4. The maximum absolute atomic E-state index is 13.0. The zero-order chi connectivity index (χ0) is 18.4. The number of piperidine rings is 1. The second kappa shape index (κ2) is 6.35. The van der Waals surface area contributed by atoms with Crippen molar-refractivity contribution in [3.63, 3.8) is 0 Å². The van der Waals surface area contributed by atoms with Crippen LogP contribution in [0.15, 0.2) is 18.2 Å². The Morgan fingerprint density at radius 3 is 2.23 bits per heavy atom. The zero-order valence-electron chi connectivity index (χ0n) is 15.5. The number of carbonyl (C=O) groups excluding carboxylic acids is 2. The van der Waals surface area contributed by atoms with Gasteiger partial charge in [-0.15, -0.1) is 0 Å². The minimum atomic E-state index is -0.888. The Kier molecular flexibility index (Phi) is 4.28. The van der Waals surface area contributed by atoms with Crippen molar-refractivity contribution in [3.8, 4) is 0 Å². The van der Waals surface area contributed by atoms with Crippen LogP contribution in [0.4, 0.5) is 5.69 Å². The molecule has 0 atom stereocenters. The molecule has 6 heteroatoms. The average Bonchev–Trinajstić information content (AvgIpc) is 3.34. The van der Waals surface area contributed by atoms with Crippen LogP contribution in [0.2, 0.25) is 0 Å². The van der Waals surface area contributed by atoms with E-state index < -0.39 is 11.2 Å². The Hall–Kier alpha value is -1.92. The summed E-state index contributed by atoms with van der Waals surface area (Å²) in [5.74, 6) is -0.735. The molecule has 1 spiro atoms. The summed E-state index contributed by atoms with van der Waals surface area (Å²) in [6.07, 6.45) is 2.59. The van der Waals surface area contributed by atoms with Crippen molar-refractivity contribution in [2.45, 2.75) is 45.3 Å². The molecular weight excluding hydrogens is 332 g/mol. The number of hydrogen-bond donors (Lipinski definition) is 1. The van der Waals surface area contributed by atoms with Crippen molar-refractivity contribution in [1.29, 1.82) is 0 Å². The van der Waals surface area contributed by atoms with Crippen LogP contribution in [-0.2, 0) is 19.1 Å². The number of likely N-dealkylation sites (tertiary alicyclic amines) is 1. The van der Waals surface area contributed by atoms with Crippen molar-refractivity contribution in [3.05, 3.63) is 29.3 Å². The number of anilines is 1. The molecule has 0 radical (unpaired) electrons. The van der Waals surface area contributed by atoms with Gasteiger partial charge in [0.25, 0.3) is 0 Å². The fourth-order valence-electron chi connectivity index (χ4n) is 3.87. The van der Waals surface area contributed by atoms with Gasteiger partial charge in [-0.05, 0) is 49.9 Å². The second-order valence-corrected chi connectivity index (χ2v) is 7.74. The maximum Gasteiger partial charge on any atom is 0.240 e. The van der Waals surface area contributed by atoms with Gasteiger partial charge in [-0.2, -0.15) is 0 Å². The molecule has 140 valence electrons. The zero-order valence-corrected chi connectivity index (χ0v) is 15.5. The Morgan fingerprint density at radius 1 is 1.00 bits per heavy atom. The molecule has 3 fully saturated rings. The normalized spacial score (nSPS) is 23.1. The third kappa shape index (κ3) is 3.01. The van der Waals surface area contributed by atoms with E-state index in [1.807, 2.05) is 36.9 Å². The van der Waals surface area contributed by atoms with Crippen LogP contribution in [-0.4, -0.2) is 48.8 Å². The molecule has 26 heavy (non-hydrogen) atoms. The van der Waals surface area contributed by atoms with Crippen molar-refractivity contribution in [2.75, 3.05) is 31.6 Å². The lowest BCUT2D eigenvalue weighted by Gasteiger charge is -2.38. The number of aryl methyl sites for hydroxylation is 2. The molecule has 1 aromatic rings. The molecular formula is C20H26N2O4. The number of benzene rings is 1. The fraction of sp³-hybridized carbons (Fsp3) is 0.600. The van der Waals surface area contributed by atoms with E-state index in [2.05, 4.69) is 5.32 Å². The van der Waals surface area contributed by atoms with E-state index >= 15 is 0 Å². The highest BCUT2D eigenvalue weighted by Gasteiger charge is 2.58. The summed E-state index contributed by atoms with van der Waals surface area (Å²) in [5, 5.41) is 2.95. The van der Waals surface area contributed by atoms with Gasteiger partial charge < -0.3 is 19.7 Å². The molecule has 6 nitrogen and oxygen atoms in total. The van der Waals surface area contributed by atoms with E-state index in [9.17, 15) is 9.59 Å². The van der Waals surface area contributed by atoms with E-state index in [1.165, 1.54) is 5.56 Å². The van der Waals surface area contributed by atoms with E-state index in [4.69, 9.17) is 9.47 Å². The molecule has 2 aliphatic heterocycles. The Bertz CT molecular complexity index is 725. The Labute approximate surface area is 153 Å². The predicted octanol–water partition coefficient (Wildman–Crippen LogP) is 2.39. The van der Waals surface area contributed by atoms with Crippen molar-refractivity contribution in [2.24, 2.45) is 5.41 Å². The van der Waals surface area contributed by atoms with Crippen molar-refractivity contribution in [1.82, 2.24) is 4.90 Å². The summed E-state index contributed by atoms with van der Waals surface area (Å²) in [6, 6.07) is 5.82. The molecule has 2 heterocycles. The van der Waals surface area contributed by atoms with Crippen molar-refractivity contribution >= 4 is 17.5 Å². The van der Waals surface area contributed by atoms with Crippen LogP contribution in [0.25, 0.3) is 0 Å². The van der Waals surface area contributed by atoms with Crippen LogP contribution in [0.3, 0.4) is 0 Å². The lowest BCUT2D eigenvalue weighted by atomic mass is 9.98. The third-order valence-electron chi connectivity index (χ3n) is 5.98. The summed E-state index contributed by atoms with van der Waals surface area (Å²) >= 11 is 0. The molecule has 3 aliphatic rings. The largest absolute Gasteiger partial charge is 0.347 e. The van der Waals surface area contributed by atoms with Gasteiger partial charge in [0, 0.05) is 31.6 Å². The number of amides is 2. The van der Waals surface area contributed by atoms with Gasteiger partial charge in [-0.3, -0.25) is 9.59 Å². The topological polar surface area (TPSA) is 67.9 Å². The van der Waals surface area contributed by atoms with Crippen molar-refractivity contribution < 1.29 is 19.1 Å². The van der Waals surface area contributed by atoms with E-state index in [0.29, 0.717) is 52.0 Å². The quantitative estimate of drug-likeness (QED) is 0.843. The molecule has 1 N–H and O–H groups in total. The summed E-state index contributed by atoms with van der Waals surface area (Å²) in [5.41, 5.74) is 2.17. The highest BCUT2D eigenvalue weighted by molar-refractivity contribution is 6.13. The van der Waals surface area contributed by atoms with E-state index in [0.717, 1.165) is 11.3 Å². The standard InChI is InChI=1S/C20H26N2O4/c1-14-3-4-16(13-15(14)2)21-17(23)19(5-6-19)18(24)22-9-7-20(8-10-22)25-11-12-26-20/h3-4,13H,5-12H2,1-2H3,(H,21,23). The Balaban J connectivity index is 1.40. The van der Waals surface area contributed by atoms with Gasteiger partial charge in [0.15, 0.2) is 5.79 Å². The van der Waals surface area contributed by atoms with Crippen LogP contribution in [0.1, 0.15) is 36.8 Å². The number of carbonyl (C=O) groups is 2. The molecule has 1 aromatic carbocycles. The number of nitrogens with one attached hydrogen (secondary N) is 1. The average molecular weight is 358 g/mol. The lowest BCUT2D eigenvalue weighted by Crippen LogP contribution is -2.51. The maximum atomic E-state index is 13.0. The first-order chi connectivity index (χ1) is 12.4. The van der Waals surface area contributed by atoms with E-state index in [1.54, 1.807) is 0 Å². The minimum absolute atomic E-state index is 0.0494. The highest BCUT2D eigenvalue weighted by atomic mass is 16.7. The number of ether oxygens (including phenoxy) is 2. The first-order valence-electron chi connectivity index (χ1n) is 9.40. The number of rotatable bonds is 3. The SMILES string of the molecule is Cc1ccc(NC(=O)C2(C(=O)N3CCC4(CC3)OCCO4)CC2)cc1C. The monoisotopic (exact) mass is 358 g/mol. The summed E-state index contributed by atoms with van der Waals surface area (Å²) in [4.78, 5) is 27.6. The minimum Gasteiger partial charge on any atom is -0.347 e. The molecule has 0 unspecified atom stereocenters. The molecule has 1 saturated carbocycles. The lowest BCUT2D eigenvalue weighted by molar-refractivity contribution is -0.188. The van der Waals surface area contributed by atoms with Gasteiger partial charge in [0.1, 0.15) is 5.41 Å². The summed E-state index contributed by atoms with van der Waals surface area (Å²) in [6.45, 7) is 6.45. The smallest absolute Gasteiger partial charge is 0.240 e. The predicted molar refractivity (Wildman–Crippen MR) is 96.7 cm³/mol. The molecule has 2 amide bonds. The fourth-order valence-corrected chi connectivity index (χ4v) is 3.87. The van der Waals surface area contributed by atoms with Crippen LogP contribution in [0.5, 0.6) is 0 Å². The molecule has 0 bridgehead atoms. The van der Waals surface area contributed by atoms with Gasteiger partial charge in [-0.25, -0.2) is 0 Å². The Morgan fingerprint density at radius 2 is 1.65 bits per heavy atom. The molecule has 2 saturated heterocycles. The van der Waals surface area contributed by atoms with Gasteiger partial charge in [0.2, 0.25) is 11.8 Å². The van der Waals surface area contributed by atoms with E-state index in [-0.39, 0.29) is 11.8 Å². The highest BCUT2D eigenvalue weighted by Crippen LogP contribution is 2.49. The molecule has 0 aromatic heterocycles. The van der Waals surface area contributed by atoms with Crippen LogP contribution in [0, 0.1) is 19.3 Å². The molecule has 1 aliphatic carbocycles. The van der Waals surface area contributed by atoms with Crippen LogP contribution >= 0.6 is 0 Å². The molecule has 4 rings (SSSR count). The van der Waals surface area contributed by atoms with Gasteiger partial charge >= 0.3 is 0 Å². The van der Waals surface area contributed by atoms with Gasteiger partial charge in [-0.1, -0.05) is 6.07 Å². The van der Waals surface area contributed by atoms with Crippen LogP contribution < -0.4 is 5.32 Å². The summed E-state index contributed by atoms with van der Waals surface area (Å²) < 4.78 is 11.4.